The molecule has 0 aliphatic heterocycles. The maximum atomic E-state index is 5.93. The van der Waals surface area contributed by atoms with Gasteiger partial charge in [-0.15, -0.1) is 5.10 Å². The minimum atomic E-state index is -0.422. The van der Waals surface area contributed by atoms with Gasteiger partial charge in [-0.05, 0) is 27.8 Å². The maximum absolute atomic E-state index is 5.93. The number of ether oxygens (including phenoxy) is 1. The van der Waals surface area contributed by atoms with Gasteiger partial charge in [-0.1, -0.05) is 46.8 Å². The van der Waals surface area contributed by atoms with E-state index in [0.717, 1.165) is 18.8 Å². The summed E-state index contributed by atoms with van der Waals surface area (Å²) in [6.45, 7) is 20.7. The molecule has 2 N–H and O–H groups in total. The number of hydrogen-bond acceptors (Lipinski definition) is 5. The number of hydrogen-bond donors (Lipinski definition) is 2. The quantitative estimate of drug-likeness (QED) is 0.721. The largest absolute Gasteiger partial charge is 0.368 e. The molecule has 1 atom stereocenters. The zero-order valence-electron chi connectivity index (χ0n) is 17.6. The fraction of sp³-hybridized carbons (Fsp3) is 0.889. The average Bonchev–Trinajstić information content (AvgIpc) is 3.06. The molecule has 1 rings (SSSR count). The molecule has 6 heteroatoms. The van der Waals surface area contributed by atoms with Crippen molar-refractivity contribution < 1.29 is 4.74 Å². The Balaban J connectivity index is 0. The fourth-order valence-corrected chi connectivity index (χ4v) is 1.64. The van der Waals surface area contributed by atoms with Crippen LogP contribution in [0.2, 0.25) is 0 Å². The standard InChI is InChI=1S/C14H29N5O.2C2H6/c1-11(2)16-7-8-19-9-13(17-18-19)14(4,5)20-10-12(3)15-6;2*1-2/h9,11-12,15-16H,7-8,10H2,1-6H3;2*1-2H3. The third kappa shape index (κ3) is 10.7. The summed E-state index contributed by atoms with van der Waals surface area (Å²) in [5.74, 6) is 0. The lowest BCUT2D eigenvalue weighted by atomic mass is 10.1. The number of rotatable bonds is 9. The third-order valence-corrected chi connectivity index (χ3v) is 3.24. The molecular formula is C18H41N5O. The Morgan fingerprint density at radius 3 is 2.25 bits per heavy atom. The van der Waals surface area contributed by atoms with Crippen molar-refractivity contribution in [2.75, 3.05) is 20.2 Å². The van der Waals surface area contributed by atoms with Crippen molar-refractivity contribution >= 4 is 0 Å². The normalized spacial score (nSPS) is 12.1. The molecule has 0 amide bonds. The van der Waals surface area contributed by atoms with Gasteiger partial charge < -0.3 is 15.4 Å². The van der Waals surface area contributed by atoms with Crippen LogP contribution in [0.15, 0.2) is 6.20 Å². The van der Waals surface area contributed by atoms with E-state index in [0.29, 0.717) is 18.7 Å². The lowest BCUT2D eigenvalue weighted by molar-refractivity contribution is -0.0326. The highest BCUT2D eigenvalue weighted by Gasteiger charge is 2.25. The Kier molecular flexibility index (Phi) is 15.1. The van der Waals surface area contributed by atoms with E-state index in [9.17, 15) is 0 Å². The van der Waals surface area contributed by atoms with Crippen molar-refractivity contribution in [1.82, 2.24) is 25.6 Å². The first kappa shape index (κ1) is 25.3. The molecule has 1 unspecified atom stereocenters. The predicted molar refractivity (Wildman–Crippen MR) is 103 cm³/mol. The summed E-state index contributed by atoms with van der Waals surface area (Å²) >= 11 is 0. The number of nitrogens with zero attached hydrogens (tertiary/aromatic N) is 3. The summed E-state index contributed by atoms with van der Waals surface area (Å²) < 4.78 is 7.79. The lowest BCUT2D eigenvalue weighted by Crippen LogP contribution is -2.32. The molecule has 1 heterocycles. The molecule has 24 heavy (non-hydrogen) atoms. The van der Waals surface area contributed by atoms with Crippen molar-refractivity contribution in [3.05, 3.63) is 11.9 Å². The molecule has 0 bridgehead atoms. The molecule has 1 aromatic rings. The van der Waals surface area contributed by atoms with Crippen LogP contribution in [0.4, 0.5) is 0 Å². The van der Waals surface area contributed by atoms with Crippen molar-refractivity contribution in [2.24, 2.45) is 0 Å². The topological polar surface area (TPSA) is 64.0 Å². The van der Waals surface area contributed by atoms with Crippen molar-refractivity contribution in [3.8, 4) is 0 Å². The van der Waals surface area contributed by atoms with Crippen LogP contribution in [0.5, 0.6) is 0 Å². The molecule has 0 saturated carbocycles. The van der Waals surface area contributed by atoms with Gasteiger partial charge in [-0.2, -0.15) is 0 Å². The summed E-state index contributed by atoms with van der Waals surface area (Å²) in [4.78, 5) is 0. The Morgan fingerprint density at radius 1 is 1.17 bits per heavy atom. The summed E-state index contributed by atoms with van der Waals surface area (Å²) in [5.41, 5.74) is 0.444. The second kappa shape index (κ2) is 14.4. The van der Waals surface area contributed by atoms with Gasteiger partial charge in [-0.25, -0.2) is 0 Å². The van der Waals surface area contributed by atoms with Gasteiger partial charge in [0.1, 0.15) is 11.3 Å². The monoisotopic (exact) mass is 343 g/mol. The van der Waals surface area contributed by atoms with Crippen LogP contribution >= 0.6 is 0 Å². The maximum Gasteiger partial charge on any atom is 0.114 e. The van der Waals surface area contributed by atoms with Gasteiger partial charge in [0.05, 0.1) is 19.3 Å². The van der Waals surface area contributed by atoms with E-state index in [2.05, 4.69) is 41.7 Å². The number of likely N-dealkylation sites (N-methyl/N-ethyl adjacent to an activating group) is 1. The molecule has 0 aliphatic carbocycles. The molecule has 0 aromatic carbocycles. The first-order chi connectivity index (χ1) is 11.3. The lowest BCUT2D eigenvalue weighted by Gasteiger charge is -2.24. The van der Waals surface area contributed by atoms with Gasteiger partial charge in [0, 0.05) is 18.6 Å². The highest BCUT2D eigenvalue weighted by Crippen LogP contribution is 2.22. The van der Waals surface area contributed by atoms with Crippen molar-refractivity contribution in [1.29, 1.82) is 0 Å². The zero-order valence-corrected chi connectivity index (χ0v) is 17.6. The Morgan fingerprint density at radius 2 is 1.75 bits per heavy atom. The molecule has 144 valence electrons. The van der Waals surface area contributed by atoms with Crippen LogP contribution in [0.25, 0.3) is 0 Å². The summed E-state index contributed by atoms with van der Waals surface area (Å²) in [5, 5.41) is 14.9. The second-order valence-electron chi connectivity index (χ2n) is 5.99. The molecule has 0 spiro atoms. The number of aromatic nitrogens is 3. The smallest absolute Gasteiger partial charge is 0.114 e. The van der Waals surface area contributed by atoms with E-state index in [-0.39, 0.29) is 0 Å². The minimum Gasteiger partial charge on any atom is -0.368 e. The van der Waals surface area contributed by atoms with Gasteiger partial charge in [0.15, 0.2) is 0 Å². The molecule has 0 aliphatic rings. The predicted octanol–water partition coefficient (Wildman–Crippen LogP) is 3.19. The van der Waals surface area contributed by atoms with E-state index in [1.807, 2.05) is 59.5 Å². The van der Waals surface area contributed by atoms with Crippen LogP contribution in [-0.4, -0.2) is 47.3 Å². The summed E-state index contributed by atoms with van der Waals surface area (Å²) in [6.07, 6.45) is 1.96. The first-order valence-corrected chi connectivity index (χ1v) is 9.30. The third-order valence-electron chi connectivity index (χ3n) is 3.24. The van der Waals surface area contributed by atoms with E-state index in [1.165, 1.54) is 0 Å². The second-order valence-corrected chi connectivity index (χ2v) is 5.99. The summed E-state index contributed by atoms with van der Waals surface area (Å²) in [6, 6.07) is 0.806. The van der Waals surface area contributed by atoms with Gasteiger partial charge in [-0.3, -0.25) is 4.68 Å². The fourth-order valence-electron chi connectivity index (χ4n) is 1.64. The Bertz CT molecular complexity index is 391. The van der Waals surface area contributed by atoms with Crippen LogP contribution < -0.4 is 10.6 Å². The van der Waals surface area contributed by atoms with Crippen LogP contribution in [0, 0.1) is 0 Å². The van der Waals surface area contributed by atoms with Gasteiger partial charge in [0.2, 0.25) is 0 Å². The molecule has 0 fully saturated rings. The van der Waals surface area contributed by atoms with E-state index in [4.69, 9.17) is 4.74 Å². The van der Waals surface area contributed by atoms with E-state index < -0.39 is 5.60 Å². The molecule has 0 saturated heterocycles. The van der Waals surface area contributed by atoms with Gasteiger partial charge >= 0.3 is 0 Å². The first-order valence-electron chi connectivity index (χ1n) is 9.30. The van der Waals surface area contributed by atoms with Crippen molar-refractivity contribution in [2.45, 2.75) is 86.5 Å². The molecule has 1 aromatic heterocycles. The molecular weight excluding hydrogens is 302 g/mol. The Hall–Kier alpha value is -0.980. The SMILES string of the molecule is CC.CC.CNC(C)COC(C)(C)c1cn(CCNC(C)C)nn1. The zero-order chi connectivity index (χ0) is 19.2. The molecule has 6 nitrogen and oxygen atoms in total. The van der Waals surface area contributed by atoms with Gasteiger partial charge in [0.25, 0.3) is 0 Å². The molecule has 0 radical (unpaired) electrons. The minimum absolute atomic E-state index is 0.319. The average molecular weight is 344 g/mol. The van der Waals surface area contributed by atoms with E-state index in [1.54, 1.807) is 0 Å². The van der Waals surface area contributed by atoms with Crippen LogP contribution in [-0.2, 0) is 16.9 Å². The van der Waals surface area contributed by atoms with Crippen LogP contribution in [0.1, 0.15) is 68.0 Å². The Labute approximate surface area is 149 Å². The summed E-state index contributed by atoms with van der Waals surface area (Å²) in [7, 11) is 1.93. The van der Waals surface area contributed by atoms with Crippen LogP contribution in [0.3, 0.4) is 0 Å². The van der Waals surface area contributed by atoms with Crippen molar-refractivity contribution in [3.63, 3.8) is 0 Å². The van der Waals surface area contributed by atoms with E-state index >= 15 is 0 Å². The number of nitrogens with one attached hydrogen (secondary N) is 2. The highest BCUT2D eigenvalue weighted by atomic mass is 16.5. The highest BCUT2D eigenvalue weighted by molar-refractivity contribution is 5.04.